The van der Waals surface area contributed by atoms with Gasteiger partial charge in [-0.1, -0.05) is 29.8 Å². The van der Waals surface area contributed by atoms with E-state index in [2.05, 4.69) is 15.6 Å². The number of hydrogen-bond acceptors (Lipinski definition) is 3. The van der Waals surface area contributed by atoms with Crippen LogP contribution in [0.15, 0.2) is 59.4 Å². The highest BCUT2D eigenvalue weighted by Gasteiger charge is 2.09. The van der Waals surface area contributed by atoms with Crippen molar-refractivity contribution < 1.29 is 9.59 Å². The standard InChI is InChI=1S/C19H16ClN3O3/c20-14-7-5-12(6-8-14)17(24)21-9-10-22-19(26)16-11-13-3-1-2-4-15(13)18(25)23-16/h1-8,11H,9-10H2,(H,21,24)(H,22,26)(H,23,25). The lowest BCUT2D eigenvalue weighted by molar-refractivity contribution is 0.0925. The number of halogens is 1. The van der Waals surface area contributed by atoms with E-state index < -0.39 is 5.91 Å². The van der Waals surface area contributed by atoms with Crippen LogP contribution >= 0.6 is 11.6 Å². The van der Waals surface area contributed by atoms with Gasteiger partial charge in [0.1, 0.15) is 5.69 Å². The molecule has 0 aliphatic rings. The van der Waals surface area contributed by atoms with Gasteiger partial charge in [-0.25, -0.2) is 0 Å². The van der Waals surface area contributed by atoms with Gasteiger partial charge in [0.2, 0.25) is 0 Å². The van der Waals surface area contributed by atoms with Crippen LogP contribution in [0, 0.1) is 0 Å². The van der Waals surface area contributed by atoms with Crippen molar-refractivity contribution in [3.05, 3.63) is 81.2 Å². The number of nitrogens with one attached hydrogen (secondary N) is 3. The molecule has 26 heavy (non-hydrogen) atoms. The number of carbonyl (C=O) groups is 2. The van der Waals surface area contributed by atoms with Crippen LogP contribution in [0.4, 0.5) is 0 Å². The van der Waals surface area contributed by atoms with Crippen LogP contribution in [0.3, 0.4) is 0 Å². The maximum Gasteiger partial charge on any atom is 0.267 e. The molecule has 3 aromatic rings. The van der Waals surface area contributed by atoms with Gasteiger partial charge in [0.25, 0.3) is 17.4 Å². The zero-order valence-electron chi connectivity index (χ0n) is 13.7. The Morgan fingerprint density at radius 2 is 1.58 bits per heavy atom. The summed E-state index contributed by atoms with van der Waals surface area (Å²) in [6, 6.07) is 15.2. The molecule has 6 nitrogen and oxygen atoms in total. The third kappa shape index (κ3) is 4.10. The lowest BCUT2D eigenvalue weighted by Crippen LogP contribution is -2.35. The summed E-state index contributed by atoms with van der Waals surface area (Å²) in [5.74, 6) is -0.663. The summed E-state index contributed by atoms with van der Waals surface area (Å²) in [5, 5.41) is 7.13. The van der Waals surface area contributed by atoms with Crippen LogP contribution < -0.4 is 16.2 Å². The third-order valence-corrected chi connectivity index (χ3v) is 4.05. The second-order valence-electron chi connectivity index (χ2n) is 5.62. The topological polar surface area (TPSA) is 91.1 Å². The lowest BCUT2D eigenvalue weighted by Gasteiger charge is -2.08. The van der Waals surface area contributed by atoms with E-state index in [0.29, 0.717) is 21.4 Å². The number of aromatic nitrogens is 1. The largest absolute Gasteiger partial charge is 0.350 e. The molecule has 1 aromatic heterocycles. The molecule has 3 N–H and O–H groups in total. The van der Waals surface area contributed by atoms with Crippen LogP contribution in [-0.2, 0) is 0 Å². The number of rotatable bonds is 5. The predicted octanol–water partition coefficient (Wildman–Crippen LogP) is 2.34. The number of fused-ring (bicyclic) bond motifs is 1. The Balaban J connectivity index is 1.55. The molecule has 0 atom stereocenters. The van der Waals surface area contributed by atoms with Crippen molar-refractivity contribution in [1.82, 2.24) is 15.6 Å². The van der Waals surface area contributed by atoms with Crippen molar-refractivity contribution in [2.24, 2.45) is 0 Å². The molecule has 7 heteroatoms. The zero-order valence-corrected chi connectivity index (χ0v) is 14.5. The first-order valence-corrected chi connectivity index (χ1v) is 8.36. The van der Waals surface area contributed by atoms with Gasteiger partial charge >= 0.3 is 0 Å². The molecule has 0 radical (unpaired) electrons. The van der Waals surface area contributed by atoms with Crippen LogP contribution in [-0.4, -0.2) is 29.9 Å². The Kier molecular flexibility index (Phi) is 5.34. The Labute approximate surface area is 154 Å². The summed E-state index contributed by atoms with van der Waals surface area (Å²) in [5.41, 5.74) is 0.349. The van der Waals surface area contributed by atoms with Crippen molar-refractivity contribution in [3.8, 4) is 0 Å². The molecule has 2 aromatic carbocycles. The zero-order chi connectivity index (χ0) is 18.5. The molecular weight excluding hydrogens is 354 g/mol. The van der Waals surface area contributed by atoms with Gasteiger partial charge in [0, 0.05) is 29.1 Å². The normalized spacial score (nSPS) is 10.5. The molecule has 0 aliphatic carbocycles. The molecular formula is C19H16ClN3O3. The van der Waals surface area contributed by atoms with Gasteiger partial charge < -0.3 is 15.6 Å². The van der Waals surface area contributed by atoms with Gasteiger partial charge in [-0.3, -0.25) is 14.4 Å². The van der Waals surface area contributed by atoms with Gasteiger partial charge in [0.15, 0.2) is 0 Å². The highest BCUT2D eigenvalue weighted by molar-refractivity contribution is 6.30. The summed E-state index contributed by atoms with van der Waals surface area (Å²) in [7, 11) is 0. The molecule has 0 saturated carbocycles. The first-order chi connectivity index (χ1) is 12.5. The van der Waals surface area contributed by atoms with E-state index in [4.69, 9.17) is 11.6 Å². The minimum absolute atomic E-state index is 0.178. The number of H-pyrrole nitrogens is 1. The van der Waals surface area contributed by atoms with E-state index in [-0.39, 0.29) is 30.2 Å². The maximum atomic E-state index is 12.2. The van der Waals surface area contributed by atoms with E-state index in [0.717, 1.165) is 0 Å². The highest BCUT2D eigenvalue weighted by Crippen LogP contribution is 2.10. The first-order valence-electron chi connectivity index (χ1n) is 7.98. The van der Waals surface area contributed by atoms with Crippen molar-refractivity contribution in [3.63, 3.8) is 0 Å². The lowest BCUT2D eigenvalue weighted by atomic mass is 10.1. The fourth-order valence-corrected chi connectivity index (χ4v) is 2.61. The van der Waals surface area contributed by atoms with Gasteiger partial charge in [0.05, 0.1) is 0 Å². The van der Waals surface area contributed by atoms with E-state index in [9.17, 15) is 14.4 Å². The minimum Gasteiger partial charge on any atom is -0.350 e. The highest BCUT2D eigenvalue weighted by atomic mass is 35.5. The van der Waals surface area contributed by atoms with E-state index >= 15 is 0 Å². The fourth-order valence-electron chi connectivity index (χ4n) is 2.48. The molecule has 3 rings (SSSR count). The molecule has 132 valence electrons. The molecule has 2 amide bonds. The molecule has 0 aliphatic heterocycles. The second kappa shape index (κ2) is 7.84. The van der Waals surface area contributed by atoms with Crippen LogP contribution in [0.1, 0.15) is 20.8 Å². The molecule has 0 unspecified atom stereocenters. The van der Waals surface area contributed by atoms with E-state index in [1.165, 1.54) is 0 Å². The second-order valence-corrected chi connectivity index (χ2v) is 6.05. The smallest absolute Gasteiger partial charge is 0.267 e. The predicted molar refractivity (Wildman–Crippen MR) is 101 cm³/mol. The number of aromatic amines is 1. The van der Waals surface area contributed by atoms with Crippen molar-refractivity contribution in [2.45, 2.75) is 0 Å². The number of pyridine rings is 1. The number of amides is 2. The summed E-state index contributed by atoms with van der Waals surface area (Å²) >= 11 is 5.78. The van der Waals surface area contributed by atoms with Gasteiger partial charge in [-0.05, 0) is 41.8 Å². The maximum absolute atomic E-state index is 12.2. The average molecular weight is 370 g/mol. The quantitative estimate of drug-likeness (QED) is 0.603. The summed E-state index contributed by atoms with van der Waals surface area (Å²) in [4.78, 5) is 38.7. The molecule has 1 heterocycles. The Hall–Kier alpha value is -3.12. The monoisotopic (exact) mass is 369 g/mol. The van der Waals surface area contributed by atoms with Gasteiger partial charge in [-0.2, -0.15) is 0 Å². The number of hydrogen-bond donors (Lipinski definition) is 3. The summed E-state index contributed by atoms with van der Waals surface area (Å²) in [6.07, 6.45) is 0. The van der Waals surface area contributed by atoms with Crippen molar-refractivity contribution in [2.75, 3.05) is 13.1 Å². The Bertz CT molecular complexity index is 1010. The fraction of sp³-hybridized carbons (Fsp3) is 0.105. The van der Waals surface area contributed by atoms with Crippen LogP contribution in [0.2, 0.25) is 5.02 Å². The van der Waals surface area contributed by atoms with Crippen LogP contribution in [0.5, 0.6) is 0 Å². The third-order valence-electron chi connectivity index (χ3n) is 3.80. The molecule has 0 saturated heterocycles. The Morgan fingerprint density at radius 1 is 0.923 bits per heavy atom. The van der Waals surface area contributed by atoms with Crippen LogP contribution in [0.25, 0.3) is 10.8 Å². The van der Waals surface area contributed by atoms with E-state index in [1.54, 1.807) is 54.6 Å². The molecule has 0 bridgehead atoms. The average Bonchev–Trinajstić information content (AvgIpc) is 2.65. The first kappa shape index (κ1) is 17.7. The van der Waals surface area contributed by atoms with Gasteiger partial charge in [-0.15, -0.1) is 0 Å². The molecule has 0 fully saturated rings. The molecule has 0 spiro atoms. The summed E-state index contributed by atoms with van der Waals surface area (Å²) < 4.78 is 0. The minimum atomic E-state index is -0.409. The SMILES string of the molecule is O=C(NCCNC(=O)c1cc2ccccc2c(=O)[nH]1)c1ccc(Cl)cc1. The summed E-state index contributed by atoms with van der Waals surface area (Å²) in [6.45, 7) is 0.484. The number of carbonyl (C=O) groups excluding carboxylic acids is 2. The Morgan fingerprint density at radius 3 is 2.31 bits per heavy atom. The van der Waals surface area contributed by atoms with Crippen molar-refractivity contribution in [1.29, 1.82) is 0 Å². The van der Waals surface area contributed by atoms with Crippen molar-refractivity contribution >= 4 is 34.2 Å². The van der Waals surface area contributed by atoms with E-state index in [1.807, 2.05) is 0 Å². The number of benzene rings is 2.